The number of aryl methyl sites for hydroxylation is 3. The van der Waals surface area contributed by atoms with Crippen LogP contribution in [0.2, 0.25) is 0 Å². The molecule has 3 aromatic carbocycles. The molecular weight excluding hydrogens is 442 g/mol. The van der Waals surface area contributed by atoms with E-state index in [1.165, 1.54) is 4.40 Å². The van der Waals surface area contributed by atoms with E-state index in [2.05, 4.69) is 15.4 Å². The van der Waals surface area contributed by atoms with E-state index in [1.54, 1.807) is 12.1 Å². The van der Waals surface area contributed by atoms with Crippen LogP contribution in [0, 0.1) is 20.8 Å². The number of nitrogens with zero attached hydrogens (tertiary/aromatic N) is 4. The van der Waals surface area contributed by atoms with Gasteiger partial charge in [-0.15, -0.1) is 5.10 Å². The summed E-state index contributed by atoms with van der Waals surface area (Å²) < 4.78 is 8.68. The molecule has 35 heavy (non-hydrogen) atoms. The largest absolute Gasteiger partial charge is 0.436 e. The zero-order valence-electron chi connectivity index (χ0n) is 19.8. The summed E-state index contributed by atoms with van der Waals surface area (Å²) in [5, 5.41) is 7.28. The fourth-order valence-corrected chi connectivity index (χ4v) is 4.04. The first-order chi connectivity index (χ1) is 16.9. The molecule has 0 saturated heterocycles. The molecule has 0 aliphatic carbocycles. The van der Waals surface area contributed by atoms with E-state index in [0.29, 0.717) is 23.3 Å². The van der Waals surface area contributed by atoms with Gasteiger partial charge in [0.1, 0.15) is 12.3 Å². The first-order valence-electron chi connectivity index (χ1n) is 11.3. The van der Waals surface area contributed by atoms with Crippen LogP contribution >= 0.6 is 0 Å². The van der Waals surface area contributed by atoms with Crippen molar-refractivity contribution in [1.29, 1.82) is 0 Å². The normalized spacial score (nSPS) is 11.2. The summed E-state index contributed by atoms with van der Waals surface area (Å²) in [5.74, 6) is 0.486. The number of aromatic nitrogens is 4. The van der Waals surface area contributed by atoms with Crippen molar-refractivity contribution in [2.24, 2.45) is 0 Å². The van der Waals surface area contributed by atoms with Crippen LogP contribution in [0.3, 0.4) is 0 Å². The van der Waals surface area contributed by atoms with Crippen molar-refractivity contribution in [3.05, 3.63) is 99.5 Å². The highest BCUT2D eigenvalue weighted by Crippen LogP contribution is 2.27. The molecule has 8 nitrogen and oxygen atoms in total. The molecule has 0 bridgehead atoms. The van der Waals surface area contributed by atoms with E-state index < -0.39 is 5.69 Å². The Morgan fingerprint density at radius 2 is 1.66 bits per heavy atom. The van der Waals surface area contributed by atoms with E-state index in [1.807, 2.05) is 75.4 Å². The average Bonchev–Trinajstić information content (AvgIpc) is 3.14. The molecular formula is C27H25N5O3. The number of hydrogen-bond acceptors (Lipinski definition) is 5. The van der Waals surface area contributed by atoms with Gasteiger partial charge in [0.25, 0.3) is 5.88 Å². The zero-order chi connectivity index (χ0) is 24.5. The molecule has 2 aromatic heterocycles. The molecule has 0 spiro atoms. The van der Waals surface area contributed by atoms with Crippen molar-refractivity contribution in [2.75, 3.05) is 0 Å². The maximum absolute atomic E-state index is 13.3. The Morgan fingerprint density at radius 3 is 2.40 bits per heavy atom. The predicted octanol–water partition coefficient (Wildman–Crippen LogP) is 4.08. The van der Waals surface area contributed by atoms with Gasteiger partial charge >= 0.3 is 5.69 Å². The van der Waals surface area contributed by atoms with Gasteiger partial charge in [0.2, 0.25) is 11.6 Å². The second-order valence-electron chi connectivity index (χ2n) is 8.69. The Kier molecular flexibility index (Phi) is 5.78. The SMILES string of the molecule is Cc1ccc(CNC(=O)Cn2nc3c(Oc4cc(C)cc(C)c4)nc4ccccc4n3c2=O)cc1. The van der Waals surface area contributed by atoms with Gasteiger partial charge in [-0.1, -0.05) is 48.0 Å². The van der Waals surface area contributed by atoms with Crippen molar-refractivity contribution in [2.45, 2.75) is 33.9 Å². The van der Waals surface area contributed by atoms with E-state index in [4.69, 9.17) is 4.74 Å². The van der Waals surface area contributed by atoms with E-state index >= 15 is 0 Å². The molecule has 5 aromatic rings. The minimum Gasteiger partial charge on any atom is -0.436 e. The summed E-state index contributed by atoms with van der Waals surface area (Å²) >= 11 is 0. The number of nitrogens with one attached hydrogen (secondary N) is 1. The average molecular weight is 468 g/mol. The zero-order valence-corrected chi connectivity index (χ0v) is 19.8. The second kappa shape index (κ2) is 9.06. The first kappa shape index (κ1) is 22.3. The van der Waals surface area contributed by atoms with E-state index in [-0.39, 0.29) is 24.0 Å². The van der Waals surface area contributed by atoms with Crippen molar-refractivity contribution >= 4 is 22.6 Å². The number of fused-ring (bicyclic) bond motifs is 3. The highest BCUT2D eigenvalue weighted by atomic mass is 16.5. The number of hydrogen-bond donors (Lipinski definition) is 1. The Morgan fingerprint density at radius 1 is 0.943 bits per heavy atom. The molecule has 8 heteroatoms. The topological polar surface area (TPSA) is 90.5 Å². The molecule has 0 radical (unpaired) electrons. The number of ether oxygens (including phenoxy) is 1. The summed E-state index contributed by atoms with van der Waals surface area (Å²) in [6.45, 7) is 6.13. The minimum absolute atomic E-state index is 0.199. The molecule has 1 N–H and O–H groups in total. The molecule has 5 rings (SSSR count). The van der Waals surface area contributed by atoms with Crippen LogP contribution in [-0.2, 0) is 17.9 Å². The van der Waals surface area contributed by atoms with Crippen LogP contribution in [-0.4, -0.2) is 25.1 Å². The summed E-state index contributed by atoms with van der Waals surface area (Å²) in [4.78, 5) is 30.5. The molecule has 0 fully saturated rings. The number of benzene rings is 3. The highest BCUT2D eigenvalue weighted by molar-refractivity contribution is 5.80. The maximum Gasteiger partial charge on any atom is 0.351 e. The third kappa shape index (κ3) is 4.63. The first-order valence-corrected chi connectivity index (χ1v) is 11.3. The molecule has 0 aliphatic heterocycles. The Bertz CT molecular complexity index is 1600. The molecule has 0 unspecified atom stereocenters. The summed E-state index contributed by atoms with van der Waals surface area (Å²) in [6, 6.07) is 21.0. The van der Waals surface area contributed by atoms with Gasteiger partial charge in [-0.25, -0.2) is 18.9 Å². The van der Waals surface area contributed by atoms with Gasteiger partial charge < -0.3 is 10.1 Å². The molecule has 1 amide bonds. The summed E-state index contributed by atoms with van der Waals surface area (Å²) in [5.41, 5.74) is 5.21. The van der Waals surface area contributed by atoms with Gasteiger partial charge in [-0.3, -0.25) is 4.79 Å². The maximum atomic E-state index is 13.3. The number of para-hydroxylation sites is 2. The lowest BCUT2D eigenvalue weighted by Gasteiger charge is -2.09. The minimum atomic E-state index is -0.436. The highest BCUT2D eigenvalue weighted by Gasteiger charge is 2.19. The Labute approximate surface area is 201 Å². The molecule has 0 saturated carbocycles. The monoisotopic (exact) mass is 467 g/mol. The Hall–Kier alpha value is -4.46. The second-order valence-corrected chi connectivity index (χ2v) is 8.69. The third-order valence-electron chi connectivity index (χ3n) is 5.69. The lowest BCUT2D eigenvalue weighted by atomic mass is 10.1. The van der Waals surface area contributed by atoms with Crippen LogP contribution in [0.5, 0.6) is 11.6 Å². The van der Waals surface area contributed by atoms with Crippen LogP contribution in [0.15, 0.2) is 71.5 Å². The van der Waals surface area contributed by atoms with E-state index in [0.717, 1.165) is 26.9 Å². The molecule has 2 heterocycles. The molecule has 0 aliphatic rings. The van der Waals surface area contributed by atoms with Crippen LogP contribution in [0.1, 0.15) is 22.3 Å². The van der Waals surface area contributed by atoms with Crippen molar-refractivity contribution in [3.63, 3.8) is 0 Å². The fraction of sp³-hybridized carbons (Fsp3) is 0.185. The van der Waals surface area contributed by atoms with Crippen molar-refractivity contribution in [1.82, 2.24) is 24.5 Å². The smallest absolute Gasteiger partial charge is 0.351 e. The number of amides is 1. The molecule has 176 valence electrons. The van der Waals surface area contributed by atoms with Crippen molar-refractivity contribution in [3.8, 4) is 11.6 Å². The van der Waals surface area contributed by atoms with Crippen LogP contribution in [0.25, 0.3) is 16.7 Å². The van der Waals surface area contributed by atoms with Crippen LogP contribution in [0.4, 0.5) is 0 Å². The third-order valence-corrected chi connectivity index (χ3v) is 5.69. The van der Waals surface area contributed by atoms with Gasteiger partial charge in [0.15, 0.2) is 0 Å². The van der Waals surface area contributed by atoms with Gasteiger partial charge in [-0.05, 0) is 61.7 Å². The van der Waals surface area contributed by atoms with Gasteiger partial charge in [0.05, 0.1) is 11.0 Å². The Balaban J connectivity index is 1.49. The molecule has 0 atom stereocenters. The van der Waals surface area contributed by atoms with Gasteiger partial charge in [0, 0.05) is 6.54 Å². The fourth-order valence-electron chi connectivity index (χ4n) is 4.04. The number of rotatable bonds is 6. The van der Waals surface area contributed by atoms with E-state index in [9.17, 15) is 9.59 Å². The van der Waals surface area contributed by atoms with Crippen molar-refractivity contribution < 1.29 is 9.53 Å². The standard InChI is InChI=1S/C27H25N5O3/c1-17-8-10-20(11-9-17)15-28-24(33)16-31-27(34)32-23-7-5-4-6-22(23)29-26(25(32)30-31)35-21-13-18(2)12-19(3)14-21/h4-14H,15-16H2,1-3H3,(H,28,33). The summed E-state index contributed by atoms with van der Waals surface area (Å²) in [6.07, 6.45) is 0. The number of carbonyl (C=O) groups is 1. The quantitative estimate of drug-likeness (QED) is 0.406. The lowest BCUT2D eigenvalue weighted by molar-refractivity contribution is -0.122. The van der Waals surface area contributed by atoms with Crippen LogP contribution < -0.4 is 15.7 Å². The lowest BCUT2D eigenvalue weighted by Crippen LogP contribution is -2.32. The number of carbonyl (C=O) groups excluding carboxylic acids is 1. The predicted molar refractivity (Wildman–Crippen MR) is 134 cm³/mol. The van der Waals surface area contributed by atoms with Gasteiger partial charge in [-0.2, -0.15) is 0 Å². The summed E-state index contributed by atoms with van der Waals surface area (Å²) in [7, 11) is 0.